The van der Waals surface area contributed by atoms with Gasteiger partial charge in [-0.15, -0.1) is 0 Å². The monoisotopic (exact) mass is 1790 g/mol. The van der Waals surface area contributed by atoms with Gasteiger partial charge in [0.05, 0.1) is 124 Å². The number of aliphatic hydroxyl groups excluding tert-OH is 3. The van der Waals surface area contributed by atoms with Gasteiger partial charge in [0.2, 0.25) is 0 Å². The van der Waals surface area contributed by atoms with Crippen LogP contribution in [0.2, 0.25) is 0 Å². The molecule has 129 heavy (non-hydrogen) atoms. The fraction of sp³-hybridized carbons (Fsp3) is 0.800. The lowest BCUT2D eigenvalue weighted by molar-refractivity contribution is -0.150. The number of ether oxygens (including phenoxy) is 14. The smallest absolute Gasteiger partial charge is 0.336 e. The molecule has 28 rings (SSSR count). The van der Waals surface area contributed by atoms with Gasteiger partial charge in [-0.2, -0.15) is 0 Å². The fourth-order valence-corrected chi connectivity index (χ4v) is 33.7. The third-order valence-electron chi connectivity index (χ3n) is 38.9. The van der Waals surface area contributed by atoms with Gasteiger partial charge < -0.3 is 81.6 Å². The Balaban J connectivity index is 0.0000000902. The van der Waals surface area contributed by atoms with Crippen molar-refractivity contribution in [1.82, 2.24) is 0 Å². The van der Waals surface area contributed by atoms with Gasteiger partial charge in [0, 0.05) is 46.5 Å². The predicted octanol–water partition coefficient (Wildman–Crippen LogP) is 13.0. The lowest BCUT2D eigenvalue weighted by Crippen LogP contribution is -2.34. The number of fused-ring (bicyclic) bond motifs is 49. The van der Waals surface area contributed by atoms with E-state index in [0.29, 0.717) is 211 Å². The van der Waals surface area contributed by atoms with Crippen molar-refractivity contribution in [2.24, 2.45) is 178 Å². The first-order chi connectivity index (χ1) is 62.0. The molecule has 21 aliphatic carbocycles. The fourth-order valence-electron chi connectivity index (χ4n) is 33.7. The highest BCUT2D eigenvalue weighted by Crippen LogP contribution is 2.72. The number of aliphatic hydroxyl groups is 3. The van der Waals surface area contributed by atoms with E-state index in [2.05, 4.69) is 50.8 Å². The molecule has 49 unspecified atom stereocenters. The van der Waals surface area contributed by atoms with Crippen molar-refractivity contribution in [3.8, 4) is 0 Å². The third kappa shape index (κ3) is 16.7. The molecule has 0 aromatic carbocycles. The lowest BCUT2D eigenvalue weighted by atomic mass is 9.74. The van der Waals surface area contributed by atoms with Crippen molar-refractivity contribution < 1.29 is 115 Å². The van der Waals surface area contributed by atoms with Crippen LogP contribution in [0.15, 0.2) is 85.1 Å². The number of hydrogen-bond acceptors (Lipinski definition) is 24. The van der Waals surface area contributed by atoms with Crippen molar-refractivity contribution in [2.45, 2.75) is 312 Å². The number of hydrogen-bond donors (Lipinski definition) is 3. The van der Waals surface area contributed by atoms with Crippen LogP contribution in [0.3, 0.4) is 0 Å². The summed E-state index contributed by atoms with van der Waals surface area (Å²) in [4.78, 5) is 80.2. The Morgan fingerprint density at radius 2 is 0.589 bits per heavy atom. The highest BCUT2D eigenvalue weighted by Gasteiger charge is 2.74. The Bertz CT molecular complexity index is 4390. The molecule has 0 amide bonds. The molecule has 7 heterocycles. The number of carbonyl (C=O) groups excluding carboxylic acids is 7. The summed E-state index contributed by atoms with van der Waals surface area (Å²) in [7, 11) is 0. The molecule has 21 saturated carbocycles. The van der Waals surface area contributed by atoms with Crippen molar-refractivity contribution in [1.29, 1.82) is 0 Å². The van der Waals surface area contributed by atoms with Crippen molar-refractivity contribution in [3.63, 3.8) is 0 Å². The van der Waals surface area contributed by atoms with Gasteiger partial charge in [-0.25, -0.2) is 33.6 Å². The highest BCUT2D eigenvalue weighted by molar-refractivity contribution is 5.90. The number of carbonyl (C=O) groups is 7. The molecule has 28 aliphatic rings. The predicted molar refractivity (Wildman–Crippen MR) is 467 cm³/mol. The third-order valence-corrected chi connectivity index (χ3v) is 38.9. The topological polar surface area (TPSA) is 332 Å². The van der Waals surface area contributed by atoms with Crippen LogP contribution in [0.5, 0.6) is 0 Å². The molecular weight excluding hydrogens is 1650 g/mol. The molecule has 0 spiro atoms. The average molecular weight is 1790 g/mol. The van der Waals surface area contributed by atoms with E-state index in [9.17, 15) is 38.7 Å². The Kier molecular flexibility index (Phi) is 24.3. The molecule has 706 valence electrons. The molecule has 0 aromatic heterocycles. The summed E-state index contributed by atoms with van der Waals surface area (Å²) >= 11 is 0. The number of rotatable bonds is 21. The van der Waals surface area contributed by atoms with E-state index in [0.717, 1.165) is 163 Å². The standard InChI is InChI=1S/C16H22O3.C15H20O4.2C15H20O3.C14H18O4.C14H18O3.C10H14O2.C6H10O2/c1-8(2)16(17)18-4-3-9-5-10-6-11(9)12-7-13-15(19-13)14(10)12;1-7(2-3-16)15(17)19-11-5-8-4-9(11)10-6-12-14(18-12)13(8)10;1-7(2)15(16)17-6-9-3-8-4-10(9)11-5-12-14(18-12)13(8)11;1-3-7(2)15(16)18-11-5-8-4-9(11)10-6-12-14(17-12)13(8)10;1-6(5-15)14(16)18-10-3-7-2-8(10)9-4-11-13(17-11)12(7)9;1-6(2)14(15)17-10-4-7-3-8(10)9-5-11-13(16-11)12(7)9;11-7-2-4-1-5(7)6-3-8-10(12-8)9(4)6;1-4-8-6(7)5(2)3/h9-15H,1,3-7H2,2H3;8-14,16H,1-6H2;8-14H,1,3-6H2,2H3;8-14H,2-6H2,1H3;7-13,15H,1-5H2;7-13H,1,3-5H2,2H3;4-11H,1-3H2;2,4H2,1,3H3. The van der Waals surface area contributed by atoms with Gasteiger partial charge in [0.25, 0.3) is 0 Å². The SMILES string of the molecule is C=C(C)C(=O)OC1CC2CC1C1CC3OC3C21.C=C(C)C(=O)OCC.C=C(C)C(=O)OCC1CC2CC1C1CC3OC3C21.C=C(C)C(=O)OCCC1CC2CC1C1CC3OC3C21.C=C(CC)C(=O)OC1CC2CC1C1CC3OC3C21.C=C(CCO)C(=O)OC1CC2CC1C1CC3OC3C21.C=C(CO)C(=O)OC1CC2CC1C1CC3OC3C21.OC1CC2CC1C1CC3OC3C21. The average Bonchev–Trinajstić information content (AvgIpc) is 1.57. The number of esters is 7. The summed E-state index contributed by atoms with van der Waals surface area (Å²) in [6.45, 7) is 37.0. The normalized spacial score (nSPS) is 49.8. The zero-order valence-corrected chi connectivity index (χ0v) is 76.7. The highest BCUT2D eigenvalue weighted by atomic mass is 16.6. The van der Waals surface area contributed by atoms with E-state index in [1.807, 2.05) is 6.92 Å². The summed E-state index contributed by atoms with van der Waals surface area (Å²) in [5, 5.41) is 27.4. The molecule has 14 bridgehead atoms. The maximum Gasteiger partial charge on any atom is 0.336 e. The van der Waals surface area contributed by atoms with Gasteiger partial charge in [0.15, 0.2) is 0 Å². The molecule has 24 nitrogen and oxygen atoms in total. The molecule has 7 saturated heterocycles. The molecule has 0 radical (unpaired) electrons. The second-order valence-electron chi connectivity index (χ2n) is 45.6. The quantitative estimate of drug-likeness (QED) is 0.0416. The summed E-state index contributed by atoms with van der Waals surface area (Å²) in [5.74, 6) is 20.6. The maximum absolute atomic E-state index is 11.9. The van der Waals surface area contributed by atoms with Crippen LogP contribution >= 0.6 is 0 Å². The van der Waals surface area contributed by atoms with E-state index in [4.69, 9.17) is 71.8 Å². The Morgan fingerprint density at radius 1 is 0.302 bits per heavy atom. The minimum atomic E-state index is -0.425. The first-order valence-corrected chi connectivity index (χ1v) is 50.5. The second kappa shape index (κ2) is 35.0. The van der Waals surface area contributed by atoms with Crippen LogP contribution in [0.4, 0.5) is 0 Å². The summed E-state index contributed by atoms with van der Waals surface area (Å²) < 4.78 is 77.2. The van der Waals surface area contributed by atoms with Crippen molar-refractivity contribution in [2.75, 3.05) is 33.0 Å². The van der Waals surface area contributed by atoms with E-state index in [1.54, 1.807) is 34.6 Å². The van der Waals surface area contributed by atoms with Gasteiger partial charge >= 0.3 is 41.8 Å². The van der Waals surface area contributed by atoms with Gasteiger partial charge in [-0.1, -0.05) is 53.0 Å². The molecule has 49 atom stereocenters. The van der Waals surface area contributed by atoms with Gasteiger partial charge in [-0.3, -0.25) is 0 Å². The summed E-state index contributed by atoms with van der Waals surface area (Å²) in [5.41, 5.74) is 3.12. The van der Waals surface area contributed by atoms with Crippen LogP contribution in [0.25, 0.3) is 0 Å². The Morgan fingerprint density at radius 3 is 0.930 bits per heavy atom. The molecule has 28 fully saturated rings. The molecule has 7 aliphatic heterocycles. The first kappa shape index (κ1) is 89.6. The first-order valence-electron chi connectivity index (χ1n) is 50.5. The van der Waals surface area contributed by atoms with Crippen LogP contribution < -0.4 is 0 Å². The van der Waals surface area contributed by atoms with Crippen LogP contribution in [0, 0.1) is 178 Å². The minimum Gasteiger partial charge on any atom is -0.463 e. The molecular formula is C105H142O24. The Hall–Kier alpha value is -5.93. The lowest BCUT2D eigenvalue weighted by Gasteiger charge is -2.32. The molecule has 24 heteroatoms. The summed E-state index contributed by atoms with van der Waals surface area (Å²) in [6, 6.07) is 0. The van der Waals surface area contributed by atoms with E-state index < -0.39 is 5.97 Å². The van der Waals surface area contributed by atoms with E-state index in [1.165, 1.54) is 96.3 Å². The van der Waals surface area contributed by atoms with Gasteiger partial charge in [0.1, 0.15) is 24.4 Å². The van der Waals surface area contributed by atoms with Crippen LogP contribution in [-0.2, 0) is 99.9 Å². The van der Waals surface area contributed by atoms with E-state index >= 15 is 0 Å². The second-order valence-corrected chi connectivity index (χ2v) is 45.6. The minimum absolute atomic E-state index is 0.0359. The summed E-state index contributed by atoms with van der Waals surface area (Å²) in [6.07, 6.45) is 35.7. The van der Waals surface area contributed by atoms with Crippen LogP contribution in [0.1, 0.15) is 196 Å². The molecule has 0 aromatic rings. The van der Waals surface area contributed by atoms with Crippen molar-refractivity contribution >= 4 is 41.8 Å². The maximum atomic E-state index is 11.9. The van der Waals surface area contributed by atoms with Crippen LogP contribution in [-0.4, -0.2) is 206 Å². The van der Waals surface area contributed by atoms with E-state index in [-0.39, 0.29) is 85.1 Å². The van der Waals surface area contributed by atoms with Crippen molar-refractivity contribution in [3.05, 3.63) is 85.1 Å². The zero-order chi connectivity index (χ0) is 89.8. The largest absolute Gasteiger partial charge is 0.463 e. The number of epoxide rings is 7. The van der Waals surface area contributed by atoms with Gasteiger partial charge in [-0.05, 0) is 360 Å². The zero-order valence-electron chi connectivity index (χ0n) is 76.7. The molecule has 3 N–H and O–H groups in total. The Labute approximate surface area is 760 Å².